The summed E-state index contributed by atoms with van der Waals surface area (Å²) in [5.74, 6) is -0.597. The van der Waals surface area contributed by atoms with Gasteiger partial charge in [0.15, 0.2) is 0 Å². The van der Waals surface area contributed by atoms with Gasteiger partial charge in [0.2, 0.25) is 11.8 Å². The molecule has 1 saturated heterocycles. The molecule has 1 N–H and O–H groups in total. The Balaban J connectivity index is 2.10. The van der Waals surface area contributed by atoms with Gasteiger partial charge >= 0.3 is 0 Å². The highest BCUT2D eigenvalue weighted by molar-refractivity contribution is 9.10. The number of likely N-dealkylation sites (N-methyl/N-ethyl adjacent to an activating group) is 1. The lowest BCUT2D eigenvalue weighted by Crippen LogP contribution is -2.44. The number of amides is 2. The quantitative estimate of drug-likeness (QED) is 0.911. The van der Waals surface area contributed by atoms with E-state index in [9.17, 15) is 14.0 Å². The van der Waals surface area contributed by atoms with Crippen LogP contribution in [0.1, 0.15) is 25.3 Å². The highest BCUT2D eigenvalue weighted by atomic mass is 79.9. The van der Waals surface area contributed by atoms with Gasteiger partial charge in [-0.3, -0.25) is 9.59 Å². The van der Waals surface area contributed by atoms with Crippen LogP contribution in [0.2, 0.25) is 0 Å². The van der Waals surface area contributed by atoms with Gasteiger partial charge in [-0.2, -0.15) is 0 Å². The lowest BCUT2D eigenvalue weighted by Gasteiger charge is -2.24. The first-order valence-corrected chi connectivity index (χ1v) is 7.32. The summed E-state index contributed by atoms with van der Waals surface area (Å²) in [4.78, 5) is 25.0. The smallest absolute Gasteiger partial charge is 0.245 e. The third-order valence-electron chi connectivity index (χ3n) is 3.36. The van der Waals surface area contributed by atoms with Gasteiger partial charge in [0.25, 0.3) is 0 Å². The van der Waals surface area contributed by atoms with E-state index in [1.807, 2.05) is 6.92 Å². The number of hydrogen-bond acceptors (Lipinski definition) is 2. The summed E-state index contributed by atoms with van der Waals surface area (Å²) in [6.45, 7) is 2.51. The molecule has 1 aromatic rings. The molecular formula is C14H16BrFN2O2. The van der Waals surface area contributed by atoms with Crippen LogP contribution >= 0.6 is 15.9 Å². The zero-order valence-corrected chi connectivity index (χ0v) is 12.7. The molecule has 108 valence electrons. The molecule has 0 radical (unpaired) electrons. The summed E-state index contributed by atoms with van der Waals surface area (Å²) in [6, 6.07) is 4.18. The lowest BCUT2D eigenvalue weighted by atomic mass is 10.1. The molecule has 1 aromatic carbocycles. The maximum Gasteiger partial charge on any atom is 0.245 e. The SMILES string of the molecule is CCN(Cc1cc(Br)ccc1F)C(=O)[C@H]1CCC(=O)N1. The fourth-order valence-corrected chi connectivity index (χ4v) is 2.64. The summed E-state index contributed by atoms with van der Waals surface area (Å²) in [6.07, 6.45) is 0.883. The van der Waals surface area contributed by atoms with E-state index in [0.29, 0.717) is 24.9 Å². The summed E-state index contributed by atoms with van der Waals surface area (Å²) in [5.41, 5.74) is 0.457. The molecule has 0 aliphatic carbocycles. The molecule has 1 fully saturated rings. The van der Waals surface area contributed by atoms with Gasteiger partial charge in [-0.15, -0.1) is 0 Å². The zero-order chi connectivity index (χ0) is 14.7. The molecule has 0 unspecified atom stereocenters. The first-order chi connectivity index (χ1) is 9.51. The van der Waals surface area contributed by atoms with Crippen LogP contribution in [0.3, 0.4) is 0 Å². The van der Waals surface area contributed by atoms with Crippen LogP contribution in [0.4, 0.5) is 4.39 Å². The number of carbonyl (C=O) groups is 2. The van der Waals surface area contributed by atoms with E-state index < -0.39 is 6.04 Å². The van der Waals surface area contributed by atoms with E-state index in [0.717, 1.165) is 4.47 Å². The highest BCUT2D eigenvalue weighted by Gasteiger charge is 2.30. The second kappa shape index (κ2) is 6.35. The van der Waals surface area contributed by atoms with E-state index in [2.05, 4.69) is 21.2 Å². The molecule has 0 saturated carbocycles. The Kier molecular flexibility index (Phi) is 4.75. The third-order valence-corrected chi connectivity index (χ3v) is 3.85. The van der Waals surface area contributed by atoms with Crippen molar-refractivity contribution in [2.45, 2.75) is 32.4 Å². The van der Waals surface area contributed by atoms with Crippen molar-refractivity contribution in [3.8, 4) is 0 Å². The standard InChI is InChI=1S/C14H16BrFN2O2/c1-2-18(14(20)12-5-6-13(19)17-12)8-9-7-10(15)3-4-11(9)16/h3-4,7,12H,2,5-6,8H2,1H3,(H,17,19)/t12-/m1/s1. The van der Waals surface area contributed by atoms with Crippen LogP contribution in [-0.4, -0.2) is 29.3 Å². The van der Waals surface area contributed by atoms with Crippen molar-refractivity contribution in [2.75, 3.05) is 6.54 Å². The number of carbonyl (C=O) groups excluding carboxylic acids is 2. The first-order valence-electron chi connectivity index (χ1n) is 6.53. The van der Waals surface area contributed by atoms with Gasteiger partial charge in [0.05, 0.1) is 0 Å². The average Bonchev–Trinajstić information content (AvgIpc) is 2.85. The van der Waals surface area contributed by atoms with Crippen molar-refractivity contribution in [1.29, 1.82) is 0 Å². The molecule has 4 nitrogen and oxygen atoms in total. The van der Waals surface area contributed by atoms with Crippen molar-refractivity contribution < 1.29 is 14.0 Å². The Morgan fingerprint density at radius 2 is 2.30 bits per heavy atom. The van der Waals surface area contributed by atoms with Crippen molar-refractivity contribution in [3.63, 3.8) is 0 Å². The van der Waals surface area contributed by atoms with Crippen LogP contribution in [0, 0.1) is 5.82 Å². The third kappa shape index (κ3) is 3.36. The molecule has 1 aliphatic heterocycles. The highest BCUT2D eigenvalue weighted by Crippen LogP contribution is 2.18. The number of nitrogens with one attached hydrogen (secondary N) is 1. The maximum atomic E-state index is 13.7. The van der Waals surface area contributed by atoms with Crippen LogP contribution in [0.5, 0.6) is 0 Å². The average molecular weight is 343 g/mol. The molecular weight excluding hydrogens is 327 g/mol. The van der Waals surface area contributed by atoms with Crippen molar-refractivity contribution >= 4 is 27.7 Å². The van der Waals surface area contributed by atoms with Gasteiger partial charge in [-0.1, -0.05) is 15.9 Å². The molecule has 0 spiro atoms. The monoisotopic (exact) mass is 342 g/mol. The number of rotatable bonds is 4. The summed E-state index contributed by atoms with van der Waals surface area (Å²) >= 11 is 3.29. The van der Waals surface area contributed by atoms with Crippen molar-refractivity contribution in [1.82, 2.24) is 10.2 Å². The Hall–Kier alpha value is -1.43. The van der Waals surface area contributed by atoms with Crippen LogP contribution in [0.25, 0.3) is 0 Å². The van der Waals surface area contributed by atoms with E-state index in [1.165, 1.54) is 6.07 Å². The topological polar surface area (TPSA) is 49.4 Å². The Bertz CT molecular complexity index is 536. The number of halogens is 2. The Morgan fingerprint density at radius 3 is 2.90 bits per heavy atom. The molecule has 1 aliphatic rings. The molecule has 6 heteroatoms. The fraction of sp³-hybridized carbons (Fsp3) is 0.429. The van der Waals surface area contributed by atoms with Gasteiger partial charge in [-0.05, 0) is 31.5 Å². The minimum Gasteiger partial charge on any atom is -0.344 e. The molecule has 2 amide bonds. The lowest BCUT2D eigenvalue weighted by molar-refractivity contribution is -0.134. The van der Waals surface area contributed by atoms with Crippen LogP contribution in [-0.2, 0) is 16.1 Å². The molecule has 1 atom stereocenters. The minimum absolute atomic E-state index is 0.104. The second-order valence-electron chi connectivity index (χ2n) is 4.75. The predicted molar refractivity (Wildman–Crippen MR) is 76.4 cm³/mol. The van der Waals surface area contributed by atoms with Gasteiger partial charge in [0, 0.05) is 29.5 Å². The van der Waals surface area contributed by atoms with Crippen LogP contribution < -0.4 is 5.32 Å². The largest absolute Gasteiger partial charge is 0.344 e. The Morgan fingerprint density at radius 1 is 1.55 bits per heavy atom. The van der Waals surface area contributed by atoms with E-state index >= 15 is 0 Å². The molecule has 2 rings (SSSR count). The van der Waals surface area contributed by atoms with E-state index in [-0.39, 0.29) is 24.2 Å². The van der Waals surface area contributed by atoms with Crippen molar-refractivity contribution in [3.05, 3.63) is 34.1 Å². The number of hydrogen-bond donors (Lipinski definition) is 1. The van der Waals surface area contributed by atoms with Crippen molar-refractivity contribution in [2.24, 2.45) is 0 Å². The minimum atomic E-state index is -0.474. The van der Waals surface area contributed by atoms with Gasteiger partial charge in [-0.25, -0.2) is 4.39 Å². The summed E-state index contributed by atoms with van der Waals surface area (Å²) in [5, 5.41) is 2.65. The summed E-state index contributed by atoms with van der Waals surface area (Å²) in [7, 11) is 0. The molecule has 0 aromatic heterocycles. The van der Waals surface area contributed by atoms with Crippen LogP contribution in [0.15, 0.2) is 22.7 Å². The maximum absolute atomic E-state index is 13.7. The van der Waals surface area contributed by atoms with Gasteiger partial charge in [0.1, 0.15) is 11.9 Å². The van der Waals surface area contributed by atoms with E-state index in [4.69, 9.17) is 0 Å². The molecule has 20 heavy (non-hydrogen) atoms. The second-order valence-corrected chi connectivity index (χ2v) is 5.66. The van der Waals surface area contributed by atoms with E-state index in [1.54, 1.807) is 17.0 Å². The predicted octanol–water partition coefficient (Wildman–Crippen LogP) is 2.22. The normalized spacial score (nSPS) is 17.9. The first kappa shape index (κ1) is 15.0. The summed E-state index contributed by atoms with van der Waals surface area (Å²) < 4.78 is 14.5. The molecule has 1 heterocycles. The zero-order valence-electron chi connectivity index (χ0n) is 11.2. The van der Waals surface area contributed by atoms with Gasteiger partial charge < -0.3 is 10.2 Å². The Labute approximate surface area is 125 Å². The molecule has 0 bridgehead atoms. The number of benzene rings is 1. The number of nitrogens with zero attached hydrogens (tertiary/aromatic N) is 1. The fourth-order valence-electron chi connectivity index (χ4n) is 2.24.